The zero-order valence-electron chi connectivity index (χ0n) is 8.85. The molecule has 0 radical (unpaired) electrons. The molecule has 0 amide bonds. The Morgan fingerprint density at radius 1 is 1.67 bits per heavy atom. The fraction of sp³-hybridized carbons (Fsp3) is 0.545. The summed E-state index contributed by atoms with van der Waals surface area (Å²) in [6, 6.07) is 1.42. The summed E-state index contributed by atoms with van der Waals surface area (Å²) < 4.78 is 14.0. The van der Waals surface area contributed by atoms with Crippen molar-refractivity contribution >= 4 is 21.7 Å². The van der Waals surface area contributed by atoms with Gasteiger partial charge in [0.2, 0.25) is 0 Å². The van der Waals surface area contributed by atoms with E-state index in [0.717, 1.165) is 6.54 Å². The first-order chi connectivity index (χ1) is 6.99. The second kappa shape index (κ2) is 3.74. The number of pyridine rings is 1. The van der Waals surface area contributed by atoms with Gasteiger partial charge in [0.25, 0.3) is 0 Å². The molecule has 0 bridgehead atoms. The number of hydrogen-bond donors (Lipinski definition) is 1. The second-order valence-electron chi connectivity index (χ2n) is 4.75. The van der Waals surface area contributed by atoms with E-state index in [1.165, 1.54) is 12.5 Å². The Morgan fingerprint density at radius 3 is 2.87 bits per heavy atom. The number of halogens is 2. The Hall–Kier alpha value is -0.640. The first-order valence-electron chi connectivity index (χ1n) is 5.04. The molecule has 1 aromatic rings. The first kappa shape index (κ1) is 10.9. The van der Waals surface area contributed by atoms with Crippen molar-refractivity contribution < 1.29 is 4.39 Å². The summed E-state index contributed by atoms with van der Waals surface area (Å²) in [5, 5.41) is 3.05. The Labute approximate surface area is 97.4 Å². The van der Waals surface area contributed by atoms with Gasteiger partial charge in [-0.3, -0.25) is 0 Å². The number of nitrogens with zero attached hydrogens (tertiary/aromatic N) is 1. The van der Waals surface area contributed by atoms with Crippen molar-refractivity contribution in [2.75, 3.05) is 11.9 Å². The lowest BCUT2D eigenvalue weighted by molar-refractivity contribution is 0.569. The minimum atomic E-state index is -0.303. The summed E-state index contributed by atoms with van der Waals surface area (Å²) in [5.74, 6) is 0.686. The van der Waals surface area contributed by atoms with Gasteiger partial charge in [-0.15, -0.1) is 0 Å². The van der Waals surface area contributed by atoms with E-state index in [2.05, 4.69) is 40.1 Å². The van der Waals surface area contributed by atoms with Crippen molar-refractivity contribution in [1.82, 2.24) is 4.98 Å². The van der Waals surface area contributed by atoms with Gasteiger partial charge in [-0.2, -0.15) is 0 Å². The van der Waals surface area contributed by atoms with E-state index in [9.17, 15) is 4.39 Å². The topological polar surface area (TPSA) is 24.9 Å². The van der Waals surface area contributed by atoms with Crippen LogP contribution in [-0.2, 0) is 0 Å². The molecule has 1 saturated carbocycles. The standard InChI is InChI=1S/C11H14BrFN2/c1-11(2)4-7(11)5-14-10-9(13)3-8(12)6-15-10/h3,6-7H,4-5H2,1-2H3,(H,14,15). The SMILES string of the molecule is CC1(C)CC1CNc1ncc(Br)cc1F. The Balaban J connectivity index is 1.94. The predicted molar refractivity (Wildman–Crippen MR) is 62.3 cm³/mol. The highest BCUT2D eigenvalue weighted by molar-refractivity contribution is 9.10. The predicted octanol–water partition coefficient (Wildman–Crippen LogP) is 3.44. The first-order valence-corrected chi connectivity index (χ1v) is 5.83. The molecule has 0 saturated heterocycles. The third-order valence-corrected chi connectivity index (χ3v) is 3.47. The molecule has 1 aliphatic carbocycles. The molecule has 1 aromatic heterocycles. The van der Waals surface area contributed by atoms with Crippen LogP contribution in [0.15, 0.2) is 16.7 Å². The highest BCUT2D eigenvalue weighted by atomic mass is 79.9. The van der Waals surface area contributed by atoms with E-state index in [0.29, 0.717) is 21.6 Å². The maximum Gasteiger partial charge on any atom is 0.166 e. The van der Waals surface area contributed by atoms with Crippen molar-refractivity contribution in [3.8, 4) is 0 Å². The molecule has 0 aliphatic heterocycles. The van der Waals surface area contributed by atoms with E-state index >= 15 is 0 Å². The molecule has 1 heterocycles. The van der Waals surface area contributed by atoms with Crippen LogP contribution in [0.5, 0.6) is 0 Å². The lowest BCUT2D eigenvalue weighted by Gasteiger charge is -2.07. The monoisotopic (exact) mass is 272 g/mol. The summed E-state index contributed by atoms with van der Waals surface area (Å²) in [5.41, 5.74) is 0.416. The molecule has 4 heteroatoms. The molecular weight excluding hydrogens is 259 g/mol. The summed E-state index contributed by atoms with van der Waals surface area (Å²) >= 11 is 3.18. The molecule has 1 N–H and O–H groups in total. The highest BCUT2D eigenvalue weighted by Crippen LogP contribution is 2.51. The lowest BCUT2D eigenvalue weighted by Crippen LogP contribution is -2.09. The van der Waals surface area contributed by atoms with Crippen LogP contribution in [0, 0.1) is 17.2 Å². The van der Waals surface area contributed by atoms with Gasteiger partial charge in [-0.1, -0.05) is 13.8 Å². The third kappa shape index (κ3) is 2.48. The van der Waals surface area contributed by atoms with Crippen LogP contribution >= 0.6 is 15.9 Å². The smallest absolute Gasteiger partial charge is 0.166 e. The van der Waals surface area contributed by atoms with E-state index in [1.807, 2.05) is 0 Å². The van der Waals surface area contributed by atoms with Gasteiger partial charge in [0.1, 0.15) is 0 Å². The quantitative estimate of drug-likeness (QED) is 0.912. The average molecular weight is 273 g/mol. The Kier molecular flexibility index (Phi) is 2.71. The maximum atomic E-state index is 13.4. The maximum absolute atomic E-state index is 13.4. The number of rotatable bonds is 3. The number of hydrogen-bond acceptors (Lipinski definition) is 2. The van der Waals surface area contributed by atoms with Crippen LogP contribution in [0.25, 0.3) is 0 Å². The molecule has 2 nitrogen and oxygen atoms in total. The second-order valence-corrected chi connectivity index (χ2v) is 5.67. The van der Waals surface area contributed by atoms with Gasteiger partial charge in [-0.05, 0) is 39.8 Å². The van der Waals surface area contributed by atoms with E-state index in [-0.39, 0.29) is 5.82 Å². The van der Waals surface area contributed by atoms with Gasteiger partial charge in [-0.25, -0.2) is 9.37 Å². The van der Waals surface area contributed by atoms with Gasteiger partial charge >= 0.3 is 0 Å². The normalized spacial score (nSPS) is 22.5. The molecule has 0 aromatic carbocycles. The van der Waals surface area contributed by atoms with Crippen LogP contribution in [0.4, 0.5) is 10.2 Å². The van der Waals surface area contributed by atoms with Crippen molar-refractivity contribution in [3.63, 3.8) is 0 Å². The molecule has 2 rings (SSSR count). The van der Waals surface area contributed by atoms with Crippen molar-refractivity contribution in [2.24, 2.45) is 11.3 Å². The van der Waals surface area contributed by atoms with Crippen LogP contribution in [0.1, 0.15) is 20.3 Å². The summed E-state index contributed by atoms with van der Waals surface area (Å²) in [4.78, 5) is 3.99. The van der Waals surface area contributed by atoms with E-state index < -0.39 is 0 Å². The Morgan fingerprint density at radius 2 is 2.33 bits per heavy atom. The minimum Gasteiger partial charge on any atom is -0.367 e. The number of aromatic nitrogens is 1. The van der Waals surface area contributed by atoms with Crippen molar-refractivity contribution in [3.05, 3.63) is 22.6 Å². The largest absolute Gasteiger partial charge is 0.367 e. The molecule has 1 aliphatic rings. The van der Waals surface area contributed by atoms with Gasteiger partial charge in [0.05, 0.1) is 0 Å². The summed E-state index contributed by atoms with van der Waals surface area (Å²) in [6.45, 7) is 5.26. The van der Waals surface area contributed by atoms with Gasteiger partial charge in [0.15, 0.2) is 11.6 Å². The van der Waals surface area contributed by atoms with E-state index in [4.69, 9.17) is 0 Å². The molecule has 1 unspecified atom stereocenters. The third-order valence-electron chi connectivity index (χ3n) is 3.04. The molecule has 15 heavy (non-hydrogen) atoms. The minimum absolute atomic E-state index is 0.303. The van der Waals surface area contributed by atoms with Crippen molar-refractivity contribution in [2.45, 2.75) is 20.3 Å². The zero-order chi connectivity index (χ0) is 11.1. The van der Waals surface area contributed by atoms with Crippen LogP contribution in [0.2, 0.25) is 0 Å². The van der Waals surface area contributed by atoms with Gasteiger partial charge in [0, 0.05) is 17.2 Å². The Bertz CT molecular complexity index is 379. The molecule has 1 atom stereocenters. The molecule has 1 fully saturated rings. The fourth-order valence-electron chi connectivity index (χ4n) is 1.69. The average Bonchev–Trinajstić information content (AvgIpc) is 2.73. The van der Waals surface area contributed by atoms with E-state index in [1.54, 1.807) is 6.20 Å². The highest BCUT2D eigenvalue weighted by Gasteiger charge is 2.45. The van der Waals surface area contributed by atoms with Crippen LogP contribution < -0.4 is 5.32 Å². The fourth-order valence-corrected chi connectivity index (χ4v) is 1.99. The van der Waals surface area contributed by atoms with Crippen LogP contribution in [-0.4, -0.2) is 11.5 Å². The molecule has 82 valence electrons. The molecular formula is C11H14BrFN2. The summed E-state index contributed by atoms with van der Waals surface area (Å²) in [6.07, 6.45) is 2.81. The molecule has 0 spiro atoms. The lowest BCUT2D eigenvalue weighted by atomic mass is 10.1. The van der Waals surface area contributed by atoms with Crippen molar-refractivity contribution in [1.29, 1.82) is 0 Å². The van der Waals surface area contributed by atoms with Gasteiger partial charge < -0.3 is 5.32 Å². The number of anilines is 1. The van der Waals surface area contributed by atoms with Crippen LogP contribution in [0.3, 0.4) is 0 Å². The summed E-state index contributed by atoms with van der Waals surface area (Å²) in [7, 11) is 0. The number of nitrogens with one attached hydrogen (secondary N) is 1. The zero-order valence-corrected chi connectivity index (χ0v) is 10.4.